The number of nitrogens with one attached hydrogen (secondary N) is 2. The van der Waals surface area contributed by atoms with Crippen LogP contribution in [0.1, 0.15) is 16.8 Å². The van der Waals surface area contributed by atoms with Crippen LogP contribution in [0.5, 0.6) is 0 Å². The van der Waals surface area contributed by atoms with Crippen LogP contribution >= 0.6 is 11.6 Å². The Hall–Kier alpha value is -1.85. The average Bonchev–Trinajstić information content (AvgIpc) is 2.82. The molecule has 2 heterocycles. The summed E-state index contributed by atoms with van der Waals surface area (Å²) in [6.45, 7) is 3.28. The molecule has 2 N–H and O–H groups in total. The molecule has 1 aliphatic rings. The van der Waals surface area contributed by atoms with E-state index in [1.54, 1.807) is 6.20 Å². The van der Waals surface area contributed by atoms with E-state index in [4.69, 9.17) is 11.6 Å². The van der Waals surface area contributed by atoms with E-state index < -0.39 is 0 Å². The van der Waals surface area contributed by atoms with Gasteiger partial charge in [0.25, 0.3) is 5.91 Å². The number of carbonyl (C=O) groups is 1. The van der Waals surface area contributed by atoms with Crippen molar-refractivity contribution in [2.45, 2.75) is 6.42 Å². The highest BCUT2D eigenvalue weighted by molar-refractivity contribution is 6.30. The summed E-state index contributed by atoms with van der Waals surface area (Å²) in [7, 11) is 0. The van der Waals surface area contributed by atoms with Gasteiger partial charge in [-0.15, -0.1) is 0 Å². The van der Waals surface area contributed by atoms with Crippen LogP contribution < -0.4 is 5.32 Å². The second-order valence-electron chi connectivity index (χ2n) is 5.06. The molecule has 110 valence electrons. The first-order chi connectivity index (χ1) is 10.3. The van der Waals surface area contributed by atoms with Crippen molar-refractivity contribution in [2.24, 2.45) is 0 Å². The number of aromatic nitrogens is 2. The van der Waals surface area contributed by atoms with E-state index in [0.29, 0.717) is 10.6 Å². The van der Waals surface area contributed by atoms with Crippen LogP contribution in [-0.2, 0) is 0 Å². The van der Waals surface area contributed by atoms with Crippen LogP contribution in [0.25, 0.3) is 11.3 Å². The van der Waals surface area contributed by atoms with Crippen molar-refractivity contribution in [3.8, 4) is 11.3 Å². The lowest BCUT2D eigenvalue weighted by Gasteiger charge is -2.19. The number of hydrogen-bond donors (Lipinski definition) is 2. The number of aromatic amines is 1. The van der Waals surface area contributed by atoms with Crippen LogP contribution in [0, 0.1) is 0 Å². The van der Waals surface area contributed by atoms with E-state index in [1.165, 1.54) is 0 Å². The lowest BCUT2D eigenvalue weighted by molar-refractivity contribution is 0.0767. The molecule has 1 aromatic heterocycles. The van der Waals surface area contributed by atoms with Gasteiger partial charge in [0.15, 0.2) is 0 Å². The third-order valence-electron chi connectivity index (χ3n) is 3.61. The van der Waals surface area contributed by atoms with Gasteiger partial charge in [0.05, 0.1) is 17.5 Å². The van der Waals surface area contributed by atoms with Crippen molar-refractivity contribution in [2.75, 3.05) is 26.2 Å². The van der Waals surface area contributed by atoms with Gasteiger partial charge >= 0.3 is 0 Å². The fourth-order valence-corrected chi connectivity index (χ4v) is 2.72. The number of carbonyl (C=O) groups excluding carboxylic acids is 1. The maximum atomic E-state index is 12.7. The lowest BCUT2D eigenvalue weighted by Crippen LogP contribution is -2.34. The molecule has 1 aliphatic heterocycles. The zero-order chi connectivity index (χ0) is 14.7. The number of amides is 1. The number of rotatable bonds is 2. The Kier molecular flexibility index (Phi) is 4.22. The summed E-state index contributed by atoms with van der Waals surface area (Å²) in [5, 5.41) is 10.9. The minimum atomic E-state index is 0.0161. The van der Waals surface area contributed by atoms with Crippen molar-refractivity contribution in [1.82, 2.24) is 20.4 Å². The Morgan fingerprint density at radius 1 is 1.29 bits per heavy atom. The highest BCUT2D eigenvalue weighted by Gasteiger charge is 2.22. The van der Waals surface area contributed by atoms with E-state index >= 15 is 0 Å². The molecule has 1 fully saturated rings. The van der Waals surface area contributed by atoms with Crippen molar-refractivity contribution >= 4 is 17.5 Å². The highest BCUT2D eigenvalue weighted by Crippen LogP contribution is 2.25. The molecule has 0 saturated carbocycles. The van der Waals surface area contributed by atoms with E-state index in [-0.39, 0.29) is 5.91 Å². The van der Waals surface area contributed by atoms with Gasteiger partial charge in [0.1, 0.15) is 0 Å². The first-order valence-corrected chi connectivity index (χ1v) is 7.43. The minimum Gasteiger partial charge on any atom is -0.337 e. The standard InChI is InChI=1S/C15H17ClN4O/c16-12-4-1-3-11(9-12)14-13(10-18-19-14)15(21)20-7-2-5-17-6-8-20/h1,3-4,9-10,17H,2,5-8H2,(H,18,19). The van der Waals surface area contributed by atoms with Gasteiger partial charge in [-0.3, -0.25) is 9.89 Å². The number of halogens is 1. The first-order valence-electron chi connectivity index (χ1n) is 7.05. The molecule has 2 aromatic rings. The topological polar surface area (TPSA) is 61.0 Å². The first kappa shape index (κ1) is 14.1. The highest BCUT2D eigenvalue weighted by atomic mass is 35.5. The van der Waals surface area contributed by atoms with Crippen LogP contribution in [0.2, 0.25) is 5.02 Å². The maximum Gasteiger partial charge on any atom is 0.257 e. The predicted octanol–water partition coefficient (Wildman–Crippen LogP) is 2.17. The van der Waals surface area contributed by atoms with Gasteiger partial charge in [0.2, 0.25) is 0 Å². The molecule has 21 heavy (non-hydrogen) atoms. The minimum absolute atomic E-state index is 0.0161. The number of H-pyrrole nitrogens is 1. The summed E-state index contributed by atoms with van der Waals surface area (Å²) in [5.74, 6) is 0.0161. The maximum absolute atomic E-state index is 12.7. The zero-order valence-corrected chi connectivity index (χ0v) is 12.4. The number of hydrogen-bond acceptors (Lipinski definition) is 3. The zero-order valence-electron chi connectivity index (χ0n) is 11.6. The quantitative estimate of drug-likeness (QED) is 0.894. The summed E-state index contributed by atoms with van der Waals surface area (Å²) in [6, 6.07) is 7.42. The van der Waals surface area contributed by atoms with Crippen LogP contribution in [0.3, 0.4) is 0 Å². The van der Waals surface area contributed by atoms with E-state index in [1.807, 2.05) is 29.2 Å². The SMILES string of the molecule is O=C(c1cn[nH]c1-c1cccc(Cl)c1)N1CCCNCC1. The fourth-order valence-electron chi connectivity index (χ4n) is 2.53. The molecule has 0 radical (unpaired) electrons. The molecule has 1 aromatic carbocycles. The van der Waals surface area contributed by atoms with Crippen molar-refractivity contribution in [1.29, 1.82) is 0 Å². The van der Waals surface area contributed by atoms with Gasteiger partial charge in [0, 0.05) is 30.2 Å². The number of nitrogens with zero attached hydrogens (tertiary/aromatic N) is 2. The van der Waals surface area contributed by atoms with Crippen molar-refractivity contribution < 1.29 is 4.79 Å². The second-order valence-corrected chi connectivity index (χ2v) is 5.50. The average molecular weight is 305 g/mol. The van der Waals surface area contributed by atoms with Gasteiger partial charge in [-0.25, -0.2) is 0 Å². The van der Waals surface area contributed by atoms with Crippen molar-refractivity contribution in [3.63, 3.8) is 0 Å². The predicted molar refractivity (Wildman–Crippen MR) is 82.4 cm³/mol. The van der Waals surface area contributed by atoms with Gasteiger partial charge in [-0.05, 0) is 25.1 Å². The molecule has 5 nitrogen and oxygen atoms in total. The van der Waals surface area contributed by atoms with Gasteiger partial charge < -0.3 is 10.2 Å². The molecular formula is C15H17ClN4O. The molecule has 3 rings (SSSR count). The lowest BCUT2D eigenvalue weighted by atomic mass is 10.1. The van der Waals surface area contributed by atoms with Crippen LogP contribution in [-0.4, -0.2) is 47.2 Å². The fraction of sp³-hybridized carbons (Fsp3) is 0.333. The summed E-state index contributed by atoms with van der Waals surface area (Å²) < 4.78 is 0. The Morgan fingerprint density at radius 3 is 3.05 bits per heavy atom. The smallest absolute Gasteiger partial charge is 0.257 e. The Bertz CT molecular complexity index is 632. The molecular weight excluding hydrogens is 288 g/mol. The largest absolute Gasteiger partial charge is 0.337 e. The summed E-state index contributed by atoms with van der Waals surface area (Å²) in [4.78, 5) is 14.6. The molecule has 1 saturated heterocycles. The molecule has 0 bridgehead atoms. The van der Waals surface area contributed by atoms with Crippen molar-refractivity contribution in [3.05, 3.63) is 41.0 Å². The van der Waals surface area contributed by atoms with Gasteiger partial charge in [-0.1, -0.05) is 23.7 Å². The third-order valence-corrected chi connectivity index (χ3v) is 3.85. The third kappa shape index (κ3) is 3.09. The van der Waals surface area contributed by atoms with E-state index in [0.717, 1.165) is 43.9 Å². The van der Waals surface area contributed by atoms with Crippen LogP contribution in [0.4, 0.5) is 0 Å². The molecule has 0 spiro atoms. The second kappa shape index (κ2) is 6.28. The van der Waals surface area contributed by atoms with E-state index in [9.17, 15) is 4.79 Å². The summed E-state index contributed by atoms with van der Waals surface area (Å²) in [5.41, 5.74) is 2.19. The molecule has 1 amide bonds. The monoisotopic (exact) mass is 304 g/mol. The Labute approximate surface area is 128 Å². The Morgan fingerprint density at radius 2 is 2.19 bits per heavy atom. The summed E-state index contributed by atoms with van der Waals surface area (Å²) in [6.07, 6.45) is 2.56. The molecule has 0 unspecified atom stereocenters. The van der Waals surface area contributed by atoms with Gasteiger partial charge in [-0.2, -0.15) is 5.10 Å². The molecule has 0 aliphatic carbocycles. The number of benzene rings is 1. The molecule has 6 heteroatoms. The summed E-state index contributed by atoms with van der Waals surface area (Å²) >= 11 is 6.03. The van der Waals surface area contributed by atoms with E-state index in [2.05, 4.69) is 15.5 Å². The normalized spacial score (nSPS) is 15.8. The van der Waals surface area contributed by atoms with Crippen LogP contribution in [0.15, 0.2) is 30.5 Å². The Balaban J connectivity index is 1.89. The molecule has 0 atom stereocenters.